The van der Waals surface area contributed by atoms with E-state index < -0.39 is 23.8 Å². The Hall–Kier alpha value is -4.09. The molecule has 48 heavy (non-hydrogen) atoms. The topological polar surface area (TPSA) is 62.9 Å². The molecule has 1 fully saturated rings. The number of hydrazone groups is 1. The molecule has 2 atom stereocenters. The van der Waals surface area contributed by atoms with Crippen LogP contribution in [0.15, 0.2) is 105 Å². The van der Waals surface area contributed by atoms with Gasteiger partial charge in [-0.2, -0.15) is 23.4 Å². The van der Waals surface area contributed by atoms with Crippen LogP contribution in [0.2, 0.25) is 0 Å². The van der Waals surface area contributed by atoms with Crippen molar-refractivity contribution in [1.29, 1.82) is 0 Å². The van der Waals surface area contributed by atoms with Crippen LogP contribution < -0.4 is 0 Å². The third-order valence-corrected chi connectivity index (χ3v) is 10.00. The number of aromatic nitrogens is 3. The van der Waals surface area contributed by atoms with Crippen molar-refractivity contribution >= 4 is 55.2 Å². The second-order valence-electron chi connectivity index (χ2n) is 12.5. The Morgan fingerprint density at radius 2 is 1.60 bits per heavy atom. The fourth-order valence-electron chi connectivity index (χ4n) is 6.51. The van der Waals surface area contributed by atoms with E-state index in [-0.39, 0.29) is 28.9 Å². The molecule has 6 nitrogen and oxygen atoms in total. The summed E-state index contributed by atoms with van der Waals surface area (Å²) in [6.45, 7) is 4.10. The van der Waals surface area contributed by atoms with Crippen LogP contribution in [-0.2, 0) is 6.18 Å². The van der Waals surface area contributed by atoms with Gasteiger partial charge in [0.1, 0.15) is 0 Å². The first-order valence-electron chi connectivity index (χ1n) is 15.7. The largest absolute Gasteiger partial charge is 0.433 e. The summed E-state index contributed by atoms with van der Waals surface area (Å²) < 4.78 is 45.9. The number of rotatable bonds is 5. The lowest BCUT2D eigenvalue weighted by Crippen LogP contribution is -2.32. The van der Waals surface area contributed by atoms with Crippen LogP contribution in [0.5, 0.6) is 0 Å². The normalized spacial score (nSPS) is 18.9. The summed E-state index contributed by atoms with van der Waals surface area (Å²) >= 11 is 6.98. The minimum Gasteiger partial charge on any atom is -0.265 e. The lowest BCUT2D eigenvalue weighted by Gasteiger charge is -2.29. The van der Waals surface area contributed by atoms with Gasteiger partial charge in [0, 0.05) is 26.5 Å². The van der Waals surface area contributed by atoms with E-state index in [0.29, 0.717) is 10.1 Å². The van der Waals surface area contributed by atoms with E-state index in [4.69, 9.17) is 5.10 Å². The van der Waals surface area contributed by atoms with Gasteiger partial charge in [0.05, 0.1) is 17.4 Å². The summed E-state index contributed by atoms with van der Waals surface area (Å²) in [6.07, 6.45) is -0.117. The minimum atomic E-state index is -4.74. The third kappa shape index (κ3) is 6.25. The van der Waals surface area contributed by atoms with Gasteiger partial charge in [-0.25, -0.2) is 14.5 Å². The van der Waals surface area contributed by atoms with Crippen molar-refractivity contribution in [1.82, 2.24) is 19.6 Å². The van der Waals surface area contributed by atoms with Gasteiger partial charge in [0.25, 0.3) is 5.91 Å². The van der Waals surface area contributed by atoms with Crippen LogP contribution in [0.25, 0.3) is 23.0 Å². The van der Waals surface area contributed by atoms with Gasteiger partial charge < -0.3 is 0 Å². The molecule has 0 N–H and O–H groups in total. The lowest BCUT2D eigenvalue weighted by atomic mass is 9.77. The van der Waals surface area contributed by atoms with Crippen LogP contribution in [-0.4, -0.2) is 31.2 Å². The fourth-order valence-corrected chi connectivity index (χ4v) is 7.03. The molecule has 2 aliphatic rings. The van der Waals surface area contributed by atoms with E-state index in [2.05, 4.69) is 48.0 Å². The molecule has 1 aliphatic heterocycles. The van der Waals surface area contributed by atoms with E-state index in [1.165, 1.54) is 11.1 Å². The molecule has 2 aromatic heterocycles. The van der Waals surface area contributed by atoms with Crippen LogP contribution in [0.3, 0.4) is 0 Å². The molecule has 0 bridgehead atoms. The van der Waals surface area contributed by atoms with E-state index in [0.717, 1.165) is 62.2 Å². The van der Waals surface area contributed by atoms with Crippen molar-refractivity contribution in [2.24, 2.45) is 11.0 Å². The maximum Gasteiger partial charge on any atom is 0.433 e. The zero-order chi connectivity index (χ0) is 33.7. The highest BCUT2D eigenvalue weighted by Gasteiger charge is 2.45. The van der Waals surface area contributed by atoms with Gasteiger partial charge in [-0.1, -0.05) is 94.2 Å². The van der Waals surface area contributed by atoms with Gasteiger partial charge >= 0.3 is 6.18 Å². The van der Waals surface area contributed by atoms with Crippen LogP contribution in [0.1, 0.15) is 77.9 Å². The van der Waals surface area contributed by atoms with E-state index in [1.54, 1.807) is 12.1 Å². The number of carbonyl (C=O) groups is 1. The van der Waals surface area contributed by atoms with Crippen molar-refractivity contribution in [3.8, 4) is 11.3 Å². The molecule has 1 saturated carbocycles. The molecule has 0 radical (unpaired) electrons. The molecule has 0 spiro atoms. The predicted octanol–water partition coefficient (Wildman–Crippen LogP) is 10.5. The van der Waals surface area contributed by atoms with Crippen molar-refractivity contribution in [3.05, 3.63) is 128 Å². The number of fused-ring (bicyclic) bond motifs is 2. The van der Waals surface area contributed by atoms with Crippen molar-refractivity contribution in [3.63, 3.8) is 0 Å². The molecule has 11 heteroatoms. The van der Waals surface area contributed by atoms with E-state index >= 15 is 0 Å². The molecular formula is C37H30Br2F3N5O. The highest BCUT2D eigenvalue weighted by atomic mass is 79.9. The van der Waals surface area contributed by atoms with Crippen molar-refractivity contribution in [2.45, 2.75) is 51.2 Å². The molecule has 5 aromatic rings. The highest BCUT2D eigenvalue weighted by molar-refractivity contribution is 9.10. The zero-order valence-electron chi connectivity index (χ0n) is 26.0. The van der Waals surface area contributed by atoms with Crippen LogP contribution in [0, 0.1) is 5.92 Å². The number of benzene rings is 3. The summed E-state index contributed by atoms with van der Waals surface area (Å²) in [7, 11) is 0. The number of nitrogens with zero attached hydrogens (tertiary/aromatic N) is 5. The number of hydrogen-bond acceptors (Lipinski definition) is 4. The summed E-state index contributed by atoms with van der Waals surface area (Å²) in [5.41, 5.74) is 4.25. The second kappa shape index (κ2) is 12.7. The quantitative estimate of drug-likeness (QED) is 0.179. The molecule has 1 aliphatic carbocycles. The third-order valence-electron chi connectivity index (χ3n) is 8.94. The van der Waals surface area contributed by atoms with Crippen LogP contribution in [0.4, 0.5) is 13.2 Å². The monoisotopic (exact) mass is 775 g/mol. The number of amides is 1. The van der Waals surface area contributed by atoms with Gasteiger partial charge in [0.2, 0.25) is 0 Å². The molecule has 3 heterocycles. The summed E-state index contributed by atoms with van der Waals surface area (Å²) in [6, 6.07) is 24.9. The Bertz CT molecular complexity index is 2070. The molecular weight excluding hydrogens is 747 g/mol. The zero-order valence-corrected chi connectivity index (χ0v) is 29.2. The standard InChI is InChI=1S/C37H30Br2F3N5O/c1-21(2)23-8-10-24(11-9-23)30-19-32(37(40,41)42)46-33(43-30)20-31(44-46)36(48)47-35(25-12-16-28(39)17-13-25)29-5-3-4-26(34(29)45-47)18-22-6-14-27(38)15-7-22/h6-21,29,35H,3-5H2,1-2H3/b26-18-/t29-,35+/m1/s1. The van der Waals surface area contributed by atoms with E-state index in [1.807, 2.05) is 74.5 Å². The number of alkyl halides is 3. The lowest BCUT2D eigenvalue weighted by molar-refractivity contribution is -0.142. The molecule has 3 aromatic carbocycles. The average molecular weight is 777 g/mol. The van der Waals surface area contributed by atoms with Gasteiger partial charge in [0.15, 0.2) is 17.0 Å². The van der Waals surface area contributed by atoms with Crippen LogP contribution >= 0.6 is 31.9 Å². The number of hydrogen-bond donors (Lipinski definition) is 0. The van der Waals surface area contributed by atoms with Gasteiger partial charge in [-0.3, -0.25) is 4.79 Å². The second-order valence-corrected chi connectivity index (χ2v) is 14.3. The number of carbonyl (C=O) groups excluding carboxylic acids is 1. The Labute approximate surface area is 292 Å². The molecule has 0 unspecified atom stereocenters. The Balaban J connectivity index is 1.32. The number of allylic oxidation sites excluding steroid dienone is 1. The molecule has 1 amide bonds. The van der Waals surface area contributed by atoms with Gasteiger partial charge in [-0.05, 0) is 83.9 Å². The summed E-state index contributed by atoms with van der Waals surface area (Å²) in [5.74, 6) is -0.406. The first kappa shape index (κ1) is 32.5. The molecule has 244 valence electrons. The minimum absolute atomic E-state index is 0.0728. The maximum atomic E-state index is 14.4. The SMILES string of the molecule is CC(C)c1ccc(-c2cc(C(F)(F)F)n3nc(C(=O)N4N=C5/C(=C\c6ccc(Br)cc6)CCC[C@H]5[C@@H]4c4ccc(Br)cc4)cc3n2)cc1. The molecule has 7 rings (SSSR count). The fraction of sp³-hybridized carbons (Fsp3) is 0.243. The maximum absolute atomic E-state index is 14.4. The summed E-state index contributed by atoms with van der Waals surface area (Å²) in [4.78, 5) is 18.9. The Morgan fingerprint density at radius 3 is 2.25 bits per heavy atom. The molecule has 0 saturated heterocycles. The first-order chi connectivity index (χ1) is 23.0. The smallest absolute Gasteiger partial charge is 0.265 e. The Morgan fingerprint density at radius 1 is 0.938 bits per heavy atom. The average Bonchev–Trinajstić information content (AvgIpc) is 3.68. The highest BCUT2D eigenvalue weighted by Crippen LogP contribution is 2.45. The Kier molecular flexibility index (Phi) is 8.62. The van der Waals surface area contributed by atoms with Gasteiger partial charge in [-0.15, -0.1) is 0 Å². The first-order valence-corrected chi connectivity index (χ1v) is 17.3. The summed E-state index contributed by atoms with van der Waals surface area (Å²) in [5, 5.41) is 10.5. The predicted molar refractivity (Wildman–Crippen MR) is 187 cm³/mol. The number of halogens is 5. The van der Waals surface area contributed by atoms with Crippen molar-refractivity contribution < 1.29 is 18.0 Å². The van der Waals surface area contributed by atoms with E-state index in [9.17, 15) is 18.0 Å². The van der Waals surface area contributed by atoms with Crippen molar-refractivity contribution in [2.75, 3.05) is 0 Å².